The summed E-state index contributed by atoms with van der Waals surface area (Å²) in [6, 6.07) is 6.21. The Hall–Kier alpha value is -2.82. The lowest BCUT2D eigenvalue weighted by molar-refractivity contribution is 0.0134. The number of H-pyrrole nitrogens is 1. The van der Waals surface area contributed by atoms with Crippen LogP contribution in [0.5, 0.6) is 11.5 Å². The first kappa shape index (κ1) is 19.9. The maximum Gasteiger partial charge on any atom is 0.451 e. The van der Waals surface area contributed by atoms with Gasteiger partial charge in [0.25, 0.3) is 0 Å². The van der Waals surface area contributed by atoms with Crippen LogP contribution in [0.3, 0.4) is 0 Å². The Labute approximate surface area is 161 Å². The summed E-state index contributed by atoms with van der Waals surface area (Å²) >= 11 is 0. The van der Waals surface area contributed by atoms with Gasteiger partial charge in [0.1, 0.15) is 23.2 Å². The molecule has 9 nitrogen and oxygen atoms in total. The predicted molar refractivity (Wildman–Crippen MR) is 101 cm³/mol. The molecule has 0 radical (unpaired) electrons. The maximum absolute atomic E-state index is 11.6. The van der Waals surface area contributed by atoms with E-state index in [1.54, 1.807) is 12.3 Å². The molecule has 2 aromatic rings. The minimum atomic E-state index is -1.54. The SMILES string of the molecule is O=C(O)c1c(OC2CN(Cc3ccc(=O)[nH]c3)C2)ccc(CCB(O)O)c1O. The molecule has 0 atom stereocenters. The van der Waals surface area contributed by atoms with E-state index < -0.39 is 18.8 Å². The standard InChI is InChI=1S/C18H21BN2O7/c22-15-4-1-11(7-20-15)8-21-9-13(10-21)28-14-3-2-12(5-6-19(26)27)17(23)16(14)18(24)25/h1-4,7,13,23,26-27H,5-6,8-10H2,(H,20,22)(H,24,25). The number of carbonyl (C=O) groups is 1. The third kappa shape index (κ3) is 4.72. The van der Waals surface area contributed by atoms with Gasteiger partial charge in [-0.3, -0.25) is 9.69 Å². The van der Waals surface area contributed by atoms with Crippen LogP contribution in [0.15, 0.2) is 35.3 Å². The number of hydrogen-bond acceptors (Lipinski definition) is 7. The first-order valence-corrected chi connectivity index (χ1v) is 8.84. The minimum Gasteiger partial charge on any atom is -0.507 e. The van der Waals surface area contributed by atoms with Crippen LogP contribution >= 0.6 is 0 Å². The molecule has 0 amide bonds. The van der Waals surface area contributed by atoms with Crippen molar-refractivity contribution in [3.05, 3.63) is 57.5 Å². The van der Waals surface area contributed by atoms with Crippen LogP contribution in [0, 0.1) is 0 Å². The molecule has 1 aliphatic rings. The second-order valence-corrected chi connectivity index (χ2v) is 6.77. The highest BCUT2D eigenvalue weighted by molar-refractivity contribution is 6.41. The number of nitrogens with zero attached hydrogens (tertiary/aromatic N) is 1. The maximum atomic E-state index is 11.6. The Kier molecular flexibility index (Phi) is 6.03. The van der Waals surface area contributed by atoms with E-state index in [1.165, 1.54) is 18.2 Å². The molecule has 1 aromatic heterocycles. The van der Waals surface area contributed by atoms with E-state index >= 15 is 0 Å². The summed E-state index contributed by atoms with van der Waals surface area (Å²) in [6.07, 6.45) is 1.54. The van der Waals surface area contributed by atoms with Crippen molar-refractivity contribution in [3.8, 4) is 11.5 Å². The fourth-order valence-corrected chi connectivity index (χ4v) is 3.11. The summed E-state index contributed by atoms with van der Waals surface area (Å²) in [6.45, 7) is 1.80. The highest BCUT2D eigenvalue weighted by Crippen LogP contribution is 2.34. The van der Waals surface area contributed by atoms with Crippen molar-refractivity contribution in [2.45, 2.75) is 25.4 Å². The van der Waals surface area contributed by atoms with Crippen molar-refractivity contribution < 1.29 is 29.8 Å². The minimum absolute atomic E-state index is 0.0187. The smallest absolute Gasteiger partial charge is 0.451 e. The van der Waals surface area contributed by atoms with E-state index in [2.05, 4.69) is 9.88 Å². The molecule has 5 N–H and O–H groups in total. The molecule has 10 heteroatoms. The Morgan fingerprint density at radius 3 is 2.61 bits per heavy atom. The molecular formula is C18H21BN2O7. The van der Waals surface area contributed by atoms with Crippen molar-refractivity contribution in [1.82, 2.24) is 9.88 Å². The lowest BCUT2D eigenvalue weighted by Crippen LogP contribution is -2.53. The third-order valence-corrected chi connectivity index (χ3v) is 4.58. The van der Waals surface area contributed by atoms with Crippen LogP contribution in [-0.2, 0) is 13.0 Å². The number of pyridine rings is 1. The summed E-state index contributed by atoms with van der Waals surface area (Å²) in [4.78, 5) is 27.3. The van der Waals surface area contributed by atoms with Crippen LogP contribution in [0.2, 0.25) is 6.32 Å². The molecule has 1 fully saturated rings. The summed E-state index contributed by atoms with van der Waals surface area (Å²) in [5, 5.41) is 37.6. The molecule has 0 saturated carbocycles. The van der Waals surface area contributed by atoms with Gasteiger partial charge in [-0.1, -0.05) is 12.1 Å². The molecule has 148 valence electrons. The van der Waals surface area contributed by atoms with Crippen LogP contribution in [0.4, 0.5) is 0 Å². The van der Waals surface area contributed by atoms with Gasteiger partial charge in [0.05, 0.1) is 0 Å². The number of aromatic amines is 1. The van der Waals surface area contributed by atoms with Gasteiger partial charge in [-0.25, -0.2) is 4.79 Å². The Morgan fingerprint density at radius 1 is 1.25 bits per heavy atom. The average molecular weight is 388 g/mol. The molecule has 1 aliphatic heterocycles. The fraction of sp³-hybridized carbons (Fsp3) is 0.333. The van der Waals surface area contributed by atoms with Crippen molar-refractivity contribution in [2.24, 2.45) is 0 Å². The lowest BCUT2D eigenvalue weighted by Gasteiger charge is -2.39. The fourth-order valence-electron chi connectivity index (χ4n) is 3.11. The largest absolute Gasteiger partial charge is 0.507 e. The van der Waals surface area contributed by atoms with Gasteiger partial charge < -0.3 is 30.0 Å². The third-order valence-electron chi connectivity index (χ3n) is 4.58. The summed E-state index contributed by atoms with van der Waals surface area (Å²) in [5.41, 5.74) is 0.777. The number of phenols is 1. The van der Waals surface area contributed by atoms with Gasteiger partial charge in [0, 0.05) is 31.9 Å². The van der Waals surface area contributed by atoms with E-state index in [0.29, 0.717) is 25.2 Å². The molecule has 28 heavy (non-hydrogen) atoms. The number of likely N-dealkylation sites (tertiary alicyclic amines) is 1. The highest BCUT2D eigenvalue weighted by Gasteiger charge is 2.30. The number of aromatic nitrogens is 1. The number of carboxylic acid groups (broad SMARTS) is 1. The molecule has 1 saturated heterocycles. The number of benzene rings is 1. The molecule has 0 unspecified atom stereocenters. The van der Waals surface area contributed by atoms with E-state index in [9.17, 15) is 19.8 Å². The van der Waals surface area contributed by atoms with E-state index in [1.807, 2.05) is 0 Å². The van der Waals surface area contributed by atoms with Crippen LogP contribution in [0.25, 0.3) is 0 Å². The van der Waals surface area contributed by atoms with Gasteiger partial charge in [-0.15, -0.1) is 0 Å². The second kappa shape index (κ2) is 8.47. The zero-order valence-corrected chi connectivity index (χ0v) is 15.0. The van der Waals surface area contributed by atoms with Gasteiger partial charge in [0.2, 0.25) is 5.56 Å². The van der Waals surface area contributed by atoms with Gasteiger partial charge >= 0.3 is 13.1 Å². The quantitative estimate of drug-likeness (QED) is 0.400. The Balaban J connectivity index is 1.63. The predicted octanol–water partition coefficient (Wildman–Crippen LogP) is 0.0572. The molecule has 3 rings (SSSR count). The number of aromatic hydroxyl groups is 1. The van der Waals surface area contributed by atoms with E-state index in [-0.39, 0.29) is 35.7 Å². The number of ether oxygens (including phenoxy) is 1. The topological polar surface area (TPSA) is 143 Å². The lowest BCUT2D eigenvalue weighted by atomic mass is 9.82. The van der Waals surface area contributed by atoms with Crippen LogP contribution < -0.4 is 10.3 Å². The summed E-state index contributed by atoms with van der Waals surface area (Å²) < 4.78 is 5.75. The summed E-state index contributed by atoms with van der Waals surface area (Å²) in [5.74, 6) is -1.66. The average Bonchev–Trinajstić information content (AvgIpc) is 2.60. The van der Waals surface area contributed by atoms with Crippen molar-refractivity contribution in [1.29, 1.82) is 0 Å². The van der Waals surface area contributed by atoms with E-state index in [0.717, 1.165) is 5.56 Å². The normalized spacial score (nSPS) is 14.5. The number of aromatic carboxylic acids is 1. The molecule has 1 aromatic carbocycles. The van der Waals surface area contributed by atoms with Gasteiger partial charge in [-0.2, -0.15) is 0 Å². The number of aryl methyl sites for hydroxylation is 1. The zero-order valence-electron chi connectivity index (χ0n) is 15.0. The van der Waals surface area contributed by atoms with Gasteiger partial charge in [-0.05, 0) is 29.9 Å². The monoisotopic (exact) mass is 388 g/mol. The van der Waals surface area contributed by atoms with Gasteiger partial charge in [0.15, 0.2) is 0 Å². The second-order valence-electron chi connectivity index (χ2n) is 6.77. The first-order chi connectivity index (χ1) is 13.3. The number of nitrogens with one attached hydrogen (secondary N) is 1. The zero-order chi connectivity index (χ0) is 20.3. The van der Waals surface area contributed by atoms with Crippen molar-refractivity contribution in [2.75, 3.05) is 13.1 Å². The molecular weight excluding hydrogens is 367 g/mol. The van der Waals surface area contributed by atoms with Crippen LogP contribution in [-0.4, -0.2) is 62.4 Å². The molecule has 0 aliphatic carbocycles. The summed E-state index contributed by atoms with van der Waals surface area (Å²) in [7, 11) is -1.54. The van der Waals surface area contributed by atoms with E-state index in [4.69, 9.17) is 14.8 Å². The molecule has 2 heterocycles. The number of hydrogen-bond donors (Lipinski definition) is 5. The number of rotatable bonds is 8. The van der Waals surface area contributed by atoms with Crippen LogP contribution in [0.1, 0.15) is 21.5 Å². The highest BCUT2D eigenvalue weighted by atomic mass is 16.5. The Morgan fingerprint density at radius 2 is 2.00 bits per heavy atom. The van der Waals surface area contributed by atoms with Crippen molar-refractivity contribution in [3.63, 3.8) is 0 Å². The first-order valence-electron chi connectivity index (χ1n) is 8.84. The number of carboxylic acids is 1. The molecule has 0 bridgehead atoms. The Bertz CT molecular complexity index is 889. The molecule has 0 spiro atoms. The van der Waals surface area contributed by atoms with Crippen molar-refractivity contribution >= 4 is 13.1 Å².